The summed E-state index contributed by atoms with van der Waals surface area (Å²) in [5.74, 6) is 0.691. The van der Waals surface area contributed by atoms with Gasteiger partial charge < -0.3 is 25.4 Å². The van der Waals surface area contributed by atoms with E-state index in [9.17, 15) is 9.50 Å². The van der Waals surface area contributed by atoms with E-state index in [2.05, 4.69) is 27.4 Å². The number of anilines is 1. The second-order valence-corrected chi connectivity index (χ2v) is 8.53. The fourth-order valence-electron chi connectivity index (χ4n) is 4.31. The van der Waals surface area contributed by atoms with Crippen LogP contribution in [-0.4, -0.2) is 88.1 Å². The number of halogens is 2. The number of guanidine groups is 1. The Morgan fingerprint density at radius 1 is 1.22 bits per heavy atom. The van der Waals surface area contributed by atoms with E-state index in [0.29, 0.717) is 18.8 Å². The Morgan fingerprint density at radius 2 is 2.00 bits per heavy atom. The number of nitrogens with zero attached hydrogens (tertiary/aromatic N) is 3. The molecule has 2 heterocycles. The van der Waals surface area contributed by atoms with Gasteiger partial charge in [-0.1, -0.05) is 12.1 Å². The van der Waals surface area contributed by atoms with Gasteiger partial charge in [-0.3, -0.25) is 9.89 Å². The van der Waals surface area contributed by atoms with Crippen LogP contribution < -0.4 is 15.5 Å². The number of nitrogens with one attached hydrogen (secondary N) is 2. The summed E-state index contributed by atoms with van der Waals surface area (Å²) in [4.78, 5) is 9.34. The van der Waals surface area contributed by atoms with Crippen LogP contribution in [0.1, 0.15) is 26.2 Å². The van der Waals surface area contributed by atoms with Gasteiger partial charge in [0.2, 0.25) is 0 Å². The molecule has 2 saturated heterocycles. The van der Waals surface area contributed by atoms with Crippen molar-refractivity contribution in [2.45, 2.75) is 26.2 Å². The van der Waals surface area contributed by atoms with Crippen molar-refractivity contribution in [3.63, 3.8) is 0 Å². The first-order valence-electron chi connectivity index (χ1n) is 11.6. The molecule has 3 rings (SSSR count). The van der Waals surface area contributed by atoms with Crippen LogP contribution >= 0.6 is 24.0 Å². The van der Waals surface area contributed by atoms with E-state index in [1.807, 2.05) is 12.1 Å². The molecule has 1 unspecified atom stereocenters. The molecule has 7 nitrogen and oxygen atoms in total. The van der Waals surface area contributed by atoms with Crippen LogP contribution in [0.4, 0.5) is 10.1 Å². The molecule has 2 aliphatic heterocycles. The molecule has 1 aromatic carbocycles. The summed E-state index contributed by atoms with van der Waals surface area (Å²) in [5, 5.41) is 16.1. The van der Waals surface area contributed by atoms with E-state index in [-0.39, 0.29) is 41.8 Å². The minimum absolute atomic E-state index is 0. The number of aliphatic hydroxyl groups excluding tert-OH is 1. The van der Waals surface area contributed by atoms with E-state index in [0.717, 1.165) is 77.6 Å². The van der Waals surface area contributed by atoms with E-state index in [4.69, 9.17) is 9.73 Å². The molecule has 9 heteroatoms. The average molecular weight is 564 g/mol. The zero-order valence-electron chi connectivity index (χ0n) is 19.2. The summed E-state index contributed by atoms with van der Waals surface area (Å²) in [5.41, 5.74) is 0.677. The first-order chi connectivity index (χ1) is 15.2. The molecule has 2 fully saturated rings. The van der Waals surface area contributed by atoms with E-state index >= 15 is 0 Å². The highest BCUT2D eigenvalue weighted by Gasteiger charge is 2.34. The van der Waals surface area contributed by atoms with Crippen molar-refractivity contribution >= 4 is 35.6 Å². The average Bonchev–Trinajstić information content (AvgIpc) is 3.25. The number of aliphatic imine (C=N–C) groups is 1. The largest absolute Gasteiger partial charge is 0.396 e. The highest BCUT2D eigenvalue weighted by molar-refractivity contribution is 14.0. The molecule has 3 N–H and O–H groups in total. The van der Waals surface area contributed by atoms with E-state index < -0.39 is 0 Å². The SMILES string of the molecule is CCNC(=NCC1(CCO)CCOC1)NCCCN1CCN(c2ccccc2F)CC1.I. The van der Waals surface area contributed by atoms with Crippen molar-refractivity contribution in [1.29, 1.82) is 0 Å². The van der Waals surface area contributed by atoms with E-state index in [1.54, 1.807) is 6.07 Å². The molecule has 0 amide bonds. The lowest BCUT2D eigenvalue weighted by atomic mass is 9.84. The highest BCUT2D eigenvalue weighted by atomic mass is 127. The van der Waals surface area contributed by atoms with Gasteiger partial charge in [0, 0.05) is 57.9 Å². The Balaban J connectivity index is 0.00000363. The van der Waals surface area contributed by atoms with Crippen molar-refractivity contribution in [3.05, 3.63) is 30.1 Å². The zero-order chi connectivity index (χ0) is 21.9. The molecule has 0 saturated carbocycles. The van der Waals surface area contributed by atoms with Gasteiger partial charge in [0.1, 0.15) is 5.82 Å². The zero-order valence-corrected chi connectivity index (χ0v) is 21.5. The summed E-state index contributed by atoms with van der Waals surface area (Å²) in [6, 6.07) is 7.02. The van der Waals surface area contributed by atoms with Crippen LogP contribution in [0.3, 0.4) is 0 Å². The van der Waals surface area contributed by atoms with Gasteiger partial charge in [-0.15, -0.1) is 24.0 Å². The molecule has 0 aromatic heterocycles. The van der Waals surface area contributed by atoms with Crippen LogP contribution in [-0.2, 0) is 4.74 Å². The third-order valence-corrected chi connectivity index (χ3v) is 6.25. The predicted octanol–water partition coefficient (Wildman–Crippen LogP) is 2.30. The summed E-state index contributed by atoms with van der Waals surface area (Å²) in [7, 11) is 0. The fraction of sp³-hybridized carbons (Fsp3) is 0.696. The van der Waals surface area contributed by atoms with Crippen molar-refractivity contribution in [1.82, 2.24) is 15.5 Å². The first kappa shape index (κ1) is 27.1. The maximum absolute atomic E-state index is 14.0. The third-order valence-electron chi connectivity index (χ3n) is 6.25. The lowest BCUT2D eigenvalue weighted by Gasteiger charge is -2.36. The fourth-order valence-corrected chi connectivity index (χ4v) is 4.31. The molecular formula is C23H39FIN5O2. The number of hydrogen-bond donors (Lipinski definition) is 3. The molecule has 32 heavy (non-hydrogen) atoms. The van der Waals surface area contributed by atoms with Gasteiger partial charge in [0.25, 0.3) is 0 Å². The summed E-state index contributed by atoms with van der Waals surface area (Å²) in [6.45, 7) is 10.6. The number of ether oxygens (including phenoxy) is 1. The smallest absolute Gasteiger partial charge is 0.191 e. The van der Waals surface area contributed by atoms with Crippen molar-refractivity contribution in [2.24, 2.45) is 10.4 Å². The molecule has 0 aliphatic carbocycles. The lowest BCUT2D eigenvalue weighted by molar-refractivity contribution is 0.131. The Kier molecular flexibility index (Phi) is 12.0. The number of para-hydroxylation sites is 1. The Morgan fingerprint density at radius 3 is 2.66 bits per heavy atom. The number of aliphatic hydroxyl groups is 1. The van der Waals surface area contributed by atoms with Crippen molar-refractivity contribution in [3.8, 4) is 0 Å². The van der Waals surface area contributed by atoms with Crippen LogP contribution in [0.15, 0.2) is 29.3 Å². The quantitative estimate of drug-likeness (QED) is 0.176. The second kappa shape index (κ2) is 14.2. The van der Waals surface area contributed by atoms with Crippen LogP contribution in [0, 0.1) is 11.2 Å². The highest BCUT2D eigenvalue weighted by Crippen LogP contribution is 2.32. The third kappa shape index (κ3) is 8.00. The normalized spacial score (nSPS) is 22.0. The predicted molar refractivity (Wildman–Crippen MR) is 139 cm³/mol. The first-order valence-corrected chi connectivity index (χ1v) is 11.6. The second-order valence-electron chi connectivity index (χ2n) is 8.53. The van der Waals surface area contributed by atoms with Crippen LogP contribution in [0.25, 0.3) is 0 Å². The number of benzene rings is 1. The molecule has 1 aromatic rings. The van der Waals surface area contributed by atoms with Gasteiger partial charge in [0.15, 0.2) is 5.96 Å². The lowest BCUT2D eigenvalue weighted by Crippen LogP contribution is -2.47. The van der Waals surface area contributed by atoms with Gasteiger partial charge >= 0.3 is 0 Å². The molecule has 0 spiro atoms. The molecule has 0 bridgehead atoms. The van der Waals surface area contributed by atoms with Gasteiger partial charge in [0.05, 0.1) is 18.8 Å². The Bertz CT molecular complexity index is 695. The molecule has 0 radical (unpaired) electrons. The Labute approximate surface area is 208 Å². The minimum atomic E-state index is -0.139. The summed E-state index contributed by atoms with van der Waals surface area (Å²) < 4.78 is 19.5. The maximum Gasteiger partial charge on any atom is 0.191 e. The molecule has 1 atom stereocenters. The van der Waals surface area contributed by atoms with Crippen molar-refractivity contribution < 1.29 is 14.2 Å². The van der Waals surface area contributed by atoms with Crippen LogP contribution in [0.2, 0.25) is 0 Å². The topological polar surface area (TPSA) is 72.4 Å². The number of rotatable bonds is 10. The minimum Gasteiger partial charge on any atom is -0.396 e. The van der Waals surface area contributed by atoms with Crippen molar-refractivity contribution in [2.75, 3.05) is 77.1 Å². The molecule has 2 aliphatic rings. The number of hydrogen-bond acceptors (Lipinski definition) is 5. The molecule has 182 valence electrons. The van der Waals surface area contributed by atoms with Crippen LogP contribution in [0.5, 0.6) is 0 Å². The van der Waals surface area contributed by atoms with Gasteiger partial charge in [-0.05, 0) is 44.9 Å². The number of piperazine rings is 1. The molecular weight excluding hydrogens is 524 g/mol. The van der Waals surface area contributed by atoms with Gasteiger partial charge in [-0.2, -0.15) is 0 Å². The standard InChI is InChI=1S/C23H38FN5O2.HI/c1-2-25-22(27-18-23(8-16-30)9-17-31-19-23)26-10-5-11-28-12-14-29(15-13-28)21-7-4-3-6-20(21)24;/h3-4,6-7,30H,2,5,8-19H2,1H3,(H2,25,26,27);1H. The monoisotopic (exact) mass is 563 g/mol. The Hall–Kier alpha value is -1.17. The summed E-state index contributed by atoms with van der Waals surface area (Å²) >= 11 is 0. The van der Waals surface area contributed by atoms with E-state index in [1.165, 1.54) is 6.07 Å². The maximum atomic E-state index is 14.0. The van der Waals surface area contributed by atoms with Gasteiger partial charge in [-0.25, -0.2) is 4.39 Å². The summed E-state index contributed by atoms with van der Waals surface area (Å²) in [6.07, 6.45) is 2.71.